The van der Waals surface area contributed by atoms with Crippen LogP contribution in [0.1, 0.15) is 43.7 Å². The summed E-state index contributed by atoms with van der Waals surface area (Å²) in [5.41, 5.74) is 0.940. The van der Waals surface area contributed by atoms with Crippen LogP contribution in [0.5, 0.6) is 0 Å². The lowest BCUT2D eigenvalue weighted by Gasteiger charge is -2.18. The molecule has 1 amide bonds. The van der Waals surface area contributed by atoms with E-state index in [1.165, 1.54) is 4.90 Å². The number of rotatable bonds is 1. The summed E-state index contributed by atoms with van der Waals surface area (Å²) in [6.45, 7) is 7.84. The van der Waals surface area contributed by atoms with E-state index in [9.17, 15) is 4.79 Å². The van der Waals surface area contributed by atoms with Crippen molar-refractivity contribution in [3.8, 4) is 11.8 Å². The van der Waals surface area contributed by atoms with Crippen LogP contribution in [0.2, 0.25) is 0 Å². The fourth-order valence-corrected chi connectivity index (χ4v) is 1.33. The maximum Gasteiger partial charge on any atom is 0.257 e. The van der Waals surface area contributed by atoms with Crippen molar-refractivity contribution in [2.75, 3.05) is 14.1 Å². The van der Waals surface area contributed by atoms with Gasteiger partial charge in [-0.15, -0.1) is 0 Å². The van der Waals surface area contributed by atoms with E-state index in [2.05, 4.69) is 16.9 Å². The summed E-state index contributed by atoms with van der Waals surface area (Å²) in [6.07, 6.45) is 1.77. The molecular formula is C13H19N3O. The van der Waals surface area contributed by atoms with Crippen molar-refractivity contribution in [3.05, 3.63) is 17.5 Å². The van der Waals surface area contributed by atoms with Crippen molar-refractivity contribution < 1.29 is 4.79 Å². The first kappa shape index (κ1) is 13.3. The zero-order valence-corrected chi connectivity index (χ0v) is 11.3. The van der Waals surface area contributed by atoms with Gasteiger partial charge in [0, 0.05) is 20.3 Å². The Labute approximate surface area is 103 Å². The molecule has 0 aliphatic carbocycles. The first-order valence-electron chi connectivity index (χ1n) is 5.52. The molecule has 0 bridgehead atoms. The van der Waals surface area contributed by atoms with Crippen LogP contribution in [0.25, 0.3) is 0 Å². The second-order valence-electron chi connectivity index (χ2n) is 5.08. The molecular weight excluding hydrogens is 214 g/mol. The van der Waals surface area contributed by atoms with E-state index in [1.807, 2.05) is 20.8 Å². The SMILES string of the molecule is CC#Cc1nn(C(C)(C)C)cc1C(=O)N(C)C. The van der Waals surface area contributed by atoms with E-state index in [1.54, 1.807) is 31.9 Å². The Kier molecular flexibility index (Phi) is 3.62. The standard InChI is InChI=1S/C13H19N3O/c1-7-8-11-10(12(17)15(5)6)9-16(14-11)13(2,3)4/h9H,1-6H3. The van der Waals surface area contributed by atoms with E-state index in [0.717, 1.165) is 0 Å². The molecule has 0 aliphatic heterocycles. The molecule has 0 saturated heterocycles. The molecule has 92 valence electrons. The summed E-state index contributed by atoms with van der Waals surface area (Å²) in [6, 6.07) is 0. The number of hydrogen-bond acceptors (Lipinski definition) is 2. The smallest absolute Gasteiger partial charge is 0.257 e. The highest BCUT2D eigenvalue weighted by atomic mass is 16.2. The van der Waals surface area contributed by atoms with Gasteiger partial charge in [-0.2, -0.15) is 5.10 Å². The molecule has 0 N–H and O–H groups in total. The molecule has 1 heterocycles. The van der Waals surface area contributed by atoms with Gasteiger partial charge < -0.3 is 4.90 Å². The largest absolute Gasteiger partial charge is 0.345 e. The molecule has 1 rings (SSSR count). The van der Waals surface area contributed by atoms with Crippen molar-refractivity contribution in [2.45, 2.75) is 33.2 Å². The van der Waals surface area contributed by atoms with E-state index in [0.29, 0.717) is 11.3 Å². The Morgan fingerprint density at radius 3 is 2.41 bits per heavy atom. The maximum absolute atomic E-state index is 12.0. The molecule has 17 heavy (non-hydrogen) atoms. The van der Waals surface area contributed by atoms with E-state index in [4.69, 9.17) is 0 Å². The molecule has 0 fully saturated rings. The summed E-state index contributed by atoms with van der Waals surface area (Å²) >= 11 is 0. The van der Waals surface area contributed by atoms with Gasteiger partial charge in [-0.1, -0.05) is 5.92 Å². The van der Waals surface area contributed by atoms with Gasteiger partial charge in [0.05, 0.1) is 11.1 Å². The number of carbonyl (C=O) groups is 1. The average Bonchev–Trinajstić information content (AvgIpc) is 2.60. The molecule has 0 unspecified atom stereocenters. The summed E-state index contributed by atoms with van der Waals surface area (Å²) in [5.74, 6) is 5.59. The van der Waals surface area contributed by atoms with Gasteiger partial charge in [0.15, 0.2) is 0 Å². The minimum atomic E-state index is -0.158. The molecule has 4 nitrogen and oxygen atoms in total. The van der Waals surface area contributed by atoms with Gasteiger partial charge in [-0.25, -0.2) is 0 Å². The predicted molar refractivity (Wildman–Crippen MR) is 67.8 cm³/mol. The van der Waals surface area contributed by atoms with Gasteiger partial charge in [0.1, 0.15) is 5.69 Å². The van der Waals surface area contributed by atoms with Gasteiger partial charge in [-0.05, 0) is 33.6 Å². The van der Waals surface area contributed by atoms with Crippen LogP contribution in [0, 0.1) is 11.8 Å². The van der Waals surface area contributed by atoms with Crippen LogP contribution in [0.3, 0.4) is 0 Å². The summed E-state index contributed by atoms with van der Waals surface area (Å²) in [5, 5.41) is 4.37. The lowest BCUT2D eigenvalue weighted by molar-refractivity contribution is 0.0827. The molecule has 4 heteroatoms. The Morgan fingerprint density at radius 1 is 1.41 bits per heavy atom. The lowest BCUT2D eigenvalue weighted by Crippen LogP contribution is -2.23. The molecule has 1 aromatic heterocycles. The fraction of sp³-hybridized carbons (Fsp3) is 0.538. The number of hydrogen-bond donors (Lipinski definition) is 0. The van der Waals surface area contributed by atoms with Crippen LogP contribution in [0.15, 0.2) is 6.20 Å². The van der Waals surface area contributed by atoms with Gasteiger partial charge in [-0.3, -0.25) is 9.48 Å². The monoisotopic (exact) mass is 233 g/mol. The van der Waals surface area contributed by atoms with Crippen molar-refractivity contribution in [2.24, 2.45) is 0 Å². The number of nitrogens with zero attached hydrogens (tertiary/aromatic N) is 3. The number of carbonyl (C=O) groups excluding carboxylic acids is 1. The van der Waals surface area contributed by atoms with Crippen molar-refractivity contribution in [1.82, 2.24) is 14.7 Å². The molecule has 0 saturated carbocycles. The Morgan fingerprint density at radius 2 is 2.00 bits per heavy atom. The third-order valence-electron chi connectivity index (χ3n) is 2.28. The molecule has 0 aliphatic rings. The van der Waals surface area contributed by atoms with Crippen molar-refractivity contribution in [1.29, 1.82) is 0 Å². The Bertz CT molecular complexity index is 481. The van der Waals surface area contributed by atoms with Gasteiger partial charge in [0.25, 0.3) is 5.91 Å². The highest BCUT2D eigenvalue weighted by molar-refractivity contribution is 5.95. The topological polar surface area (TPSA) is 38.1 Å². The predicted octanol–water partition coefficient (Wildman–Crippen LogP) is 1.71. The highest BCUT2D eigenvalue weighted by Gasteiger charge is 2.21. The third kappa shape index (κ3) is 2.88. The highest BCUT2D eigenvalue weighted by Crippen LogP contribution is 2.17. The quantitative estimate of drug-likeness (QED) is 0.693. The molecule has 0 aromatic carbocycles. The zero-order chi connectivity index (χ0) is 13.2. The normalized spacial score (nSPS) is 10.7. The second kappa shape index (κ2) is 4.62. The number of aromatic nitrogens is 2. The Balaban J connectivity index is 3.32. The summed E-state index contributed by atoms with van der Waals surface area (Å²) in [7, 11) is 3.44. The fourth-order valence-electron chi connectivity index (χ4n) is 1.33. The van der Waals surface area contributed by atoms with Crippen LogP contribution in [-0.2, 0) is 5.54 Å². The number of amides is 1. The van der Waals surface area contributed by atoms with E-state index < -0.39 is 0 Å². The van der Waals surface area contributed by atoms with Crippen LogP contribution < -0.4 is 0 Å². The second-order valence-corrected chi connectivity index (χ2v) is 5.08. The molecule has 0 spiro atoms. The first-order valence-corrected chi connectivity index (χ1v) is 5.52. The summed E-state index contributed by atoms with van der Waals surface area (Å²) in [4.78, 5) is 13.5. The average molecular weight is 233 g/mol. The minimum absolute atomic E-state index is 0.0711. The van der Waals surface area contributed by atoms with Gasteiger partial charge >= 0.3 is 0 Å². The van der Waals surface area contributed by atoms with Crippen molar-refractivity contribution >= 4 is 5.91 Å². The maximum atomic E-state index is 12.0. The van der Waals surface area contributed by atoms with E-state index >= 15 is 0 Å². The molecule has 0 atom stereocenters. The van der Waals surface area contributed by atoms with Crippen molar-refractivity contribution in [3.63, 3.8) is 0 Å². The van der Waals surface area contributed by atoms with Crippen LogP contribution >= 0.6 is 0 Å². The zero-order valence-electron chi connectivity index (χ0n) is 11.3. The third-order valence-corrected chi connectivity index (χ3v) is 2.28. The summed E-state index contributed by atoms with van der Waals surface area (Å²) < 4.78 is 1.78. The van der Waals surface area contributed by atoms with Crippen LogP contribution in [-0.4, -0.2) is 34.7 Å². The molecule has 0 radical (unpaired) electrons. The van der Waals surface area contributed by atoms with Gasteiger partial charge in [0.2, 0.25) is 0 Å². The first-order chi connectivity index (χ1) is 7.77. The Hall–Kier alpha value is -1.76. The minimum Gasteiger partial charge on any atom is -0.345 e. The van der Waals surface area contributed by atoms with Crippen LogP contribution in [0.4, 0.5) is 0 Å². The lowest BCUT2D eigenvalue weighted by atomic mass is 10.1. The molecule has 1 aromatic rings. The van der Waals surface area contributed by atoms with E-state index in [-0.39, 0.29) is 11.4 Å².